The molecule has 7 heteroatoms. The van der Waals surface area contributed by atoms with Crippen molar-refractivity contribution >= 4 is 23.6 Å². The molecule has 0 spiro atoms. The van der Waals surface area contributed by atoms with Crippen molar-refractivity contribution in [3.63, 3.8) is 0 Å². The van der Waals surface area contributed by atoms with Gasteiger partial charge in [0.25, 0.3) is 5.91 Å². The maximum Gasteiger partial charge on any atom is 0.255 e. The van der Waals surface area contributed by atoms with Gasteiger partial charge < -0.3 is 20.3 Å². The minimum atomic E-state index is -0.413. The van der Waals surface area contributed by atoms with Gasteiger partial charge in [-0.2, -0.15) is 0 Å². The van der Waals surface area contributed by atoms with E-state index in [0.717, 1.165) is 6.54 Å². The lowest BCUT2D eigenvalue weighted by Gasteiger charge is -2.24. The number of nitrogens with zero attached hydrogens (tertiary/aromatic N) is 1. The number of thioether (sulfide) groups is 1. The van der Waals surface area contributed by atoms with E-state index < -0.39 is 6.04 Å². The van der Waals surface area contributed by atoms with Crippen LogP contribution in [0.4, 0.5) is 0 Å². The summed E-state index contributed by atoms with van der Waals surface area (Å²) < 4.78 is 4.96. The predicted octanol–water partition coefficient (Wildman–Crippen LogP) is 1.85. The predicted molar refractivity (Wildman–Crippen MR) is 110 cm³/mol. The maximum absolute atomic E-state index is 12.9. The third-order valence-corrected chi connectivity index (χ3v) is 5.54. The average molecular weight is 394 g/mol. The first-order valence-electron chi connectivity index (χ1n) is 9.31. The van der Waals surface area contributed by atoms with E-state index in [2.05, 4.69) is 31.4 Å². The Balaban J connectivity index is 1.90. The summed E-state index contributed by atoms with van der Waals surface area (Å²) in [7, 11) is 1.66. The Bertz CT molecular complexity index is 628. The number of ether oxygens (including phenoxy) is 1. The van der Waals surface area contributed by atoms with Crippen molar-refractivity contribution in [3.8, 4) is 0 Å². The van der Waals surface area contributed by atoms with Crippen molar-refractivity contribution in [2.24, 2.45) is 0 Å². The lowest BCUT2D eigenvalue weighted by atomic mass is 9.86. The van der Waals surface area contributed by atoms with Crippen LogP contribution in [0.5, 0.6) is 0 Å². The Morgan fingerprint density at radius 2 is 1.89 bits per heavy atom. The molecule has 2 N–H and O–H groups in total. The van der Waals surface area contributed by atoms with Crippen LogP contribution in [0.2, 0.25) is 0 Å². The van der Waals surface area contributed by atoms with E-state index in [9.17, 15) is 9.59 Å². The molecule has 1 saturated heterocycles. The second-order valence-electron chi connectivity index (χ2n) is 7.65. The van der Waals surface area contributed by atoms with Crippen LogP contribution in [0.25, 0.3) is 0 Å². The van der Waals surface area contributed by atoms with E-state index >= 15 is 0 Å². The van der Waals surface area contributed by atoms with Crippen molar-refractivity contribution in [2.45, 2.75) is 32.2 Å². The summed E-state index contributed by atoms with van der Waals surface area (Å²) in [5, 5.41) is 6.10. The molecule has 6 nitrogen and oxygen atoms in total. The summed E-state index contributed by atoms with van der Waals surface area (Å²) in [4.78, 5) is 27.0. The molecule has 1 aliphatic rings. The number of carbonyl (C=O) groups excluding carboxylic acids is 2. The molecule has 1 fully saturated rings. The molecule has 0 aromatic heterocycles. The molecular formula is C20H31N3O3S. The number of hydrogen-bond donors (Lipinski definition) is 2. The maximum atomic E-state index is 12.9. The Morgan fingerprint density at radius 1 is 1.19 bits per heavy atom. The number of carbonyl (C=O) groups is 2. The van der Waals surface area contributed by atoms with E-state index in [1.165, 1.54) is 5.56 Å². The SMILES string of the molecule is COCCNCCNC(=O)C1CSCN1C(=O)c1ccc(C(C)(C)C)cc1. The number of amides is 2. The zero-order chi connectivity index (χ0) is 19.9. The van der Waals surface area contributed by atoms with Crippen LogP contribution >= 0.6 is 11.8 Å². The summed E-state index contributed by atoms with van der Waals surface area (Å²) in [6.07, 6.45) is 0. The molecule has 1 aromatic rings. The molecule has 27 heavy (non-hydrogen) atoms. The molecule has 0 aliphatic carbocycles. The average Bonchev–Trinajstić information content (AvgIpc) is 3.13. The summed E-state index contributed by atoms with van der Waals surface area (Å²) in [6, 6.07) is 7.30. The molecule has 0 saturated carbocycles. The lowest BCUT2D eigenvalue weighted by Crippen LogP contribution is -2.48. The summed E-state index contributed by atoms with van der Waals surface area (Å²) >= 11 is 1.61. The van der Waals surface area contributed by atoms with Crippen LogP contribution in [0.3, 0.4) is 0 Å². The number of rotatable bonds is 8. The van der Waals surface area contributed by atoms with Gasteiger partial charge in [-0.3, -0.25) is 9.59 Å². The monoisotopic (exact) mass is 393 g/mol. The fraction of sp³-hybridized carbons (Fsp3) is 0.600. The van der Waals surface area contributed by atoms with Gasteiger partial charge in [0, 0.05) is 38.1 Å². The molecule has 1 atom stereocenters. The Hall–Kier alpha value is -1.57. The van der Waals surface area contributed by atoms with Crippen molar-refractivity contribution < 1.29 is 14.3 Å². The lowest BCUT2D eigenvalue weighted by molar-refractivity contribution is -0.124. The second kappa shape index (κ2) is 10.1. The van der Waals surface area contributed by atoms with Gasteiger partial charge in [0.2, 0.25) is 5.91 Å². The van der Waals surface area contributed by atoms with Gasteiger partial charge in [0.15, 0.2) is 0 Å². The quantitative estimate of drug-likeness (QED) is 0.660. The fourth-order valence-electron chi connectivity index (χ4n) is 2.83. The van der Waals surface area contributed by atoms with Crippen molar-refractivity contribution in [2.75, 3.05) is 45.0 Å². The van der Waals surface area contributed by atoms with Crippen LogP contribution < -0.4 is 10.6 Å². The first-order chi connectivity index (χ1) is 12.8. The van der Waals surface area contributed by atoms with E-state index in [1.54, 1.807) is 23.8 Å². The van der Waals surface area contributed by atoms with Crippen LogP contribution in [-0.4, -0.2) is 67.7 Å². The number of hydrogen-bond acceptors (Lipinski definition) is 5. The van der Waals surface area contributed by atoms with Gasteiger partial charge in [-0.1, -0.05) is 32.9 Å². The highest BCUT2D eigenvalue weighted by molar-refractivity contribution is 7.99. The van der Waals surface area contributed by atoms with Gasteiger partial charge in [-0.25, -0.2) is 0 Å². The minimum absolute atomic E-state index is 0.0464. The van der Waals surface area contributed by atoms with E-state index in [1.807, 2.05) is 24.3 Å². The van der Waals surface area contributed by atoms with Gasteiger partial charge in [-0.15, -0.1) is 11.8 Å². The Morgan fingerprint density at radius 3 is 2.52 bits per heavy atom. The standard InChI is InChI=1S/C20H31N3O3S/c1-20(2,3)16-7-5-15(6-8-16)19(25)23-14-27-13-17(23)18(24)22-10-9-21-11-12-26-4/h5-8,17,21H,9-14H2,1-4H3,(H,22,24). The van der Waals surface area contributed by atoms with Crippen molar-refractivity contribution in [3.05, 3.63) is 35.4 Å². The highest BCUT2D eigenvalue weighted by atomic mass is 32.2. The van der Waals surface area contributed by atoms with Gasteiger partial charge in [0.1, 0.15) is 6.04 Å². The Labute approximate surface area is 166 Å². The van der Waals surface area contributed by atoms with E-state index in [0.29, 0.717) is 36.9 Å². The number of nitrogens with one attached hydrogen (secondary N) is 2. The smallest absolute Gasteiger partial charge is 0.255 e. The molecule has 2 rings (SSSR count). The zero-order valence-corrected chi connectivity index (χ0v) is 17.5. The van der Waals surface area contributed by atoms with Crippen LogP contribution in [0.1, 0.15) is 36.7 Å². The molecule has 1 heterocycles. The topological polar surface area (TPSA) is 70.7 Å². The Kier molecular flexibility index (Phi) is 8.13. The molecule has 1 aliphatic heterocycles. The van der Waals surface area contributed by atoms with Crippen molar-refractivity contribution in [1.82, 2.24) is 15.5 Å². The highest BCUT2D eigenvalue weighted by Gasteiger charge is 2.35. The fourth-order valence-corrected chi connectivity index (χ4v) is 3.98. The molecule has 0 bridgehead atoms. The molecule has 2 amide bonds. The molecular weight excluding hydrogens is 362 g/mol. The summed E-state index contributed by atoms with van der Waals surface area (Å²) in [6.45, 7) is 9.04. The second-order valence-corrected chi connectivity index (χ2v) is 8.65. The van der Waals surface area contributed by atoms with Gasteiger partial charge in [0.05, 0.1) is 12.5 Å². The van der Waals surface area contributed by atoms with Crippen LogP contribution in [-0.2, 0) is 14.9 Å². The van der Waals surface area contributed by atoms with E-state index in [-0.39, 0.29) is 17.2 Å². The largest absolute Gasteiger partial charge is 0.383 e. The molecule has 150 valence electrons. The highest BCUT2D eigenvalue weighted by Crippen LogP contribution is 2.25. The van der Waals surface area contributed by atoms with Crippen LogP contribution in [0, 0.1) is 0 Å². The minimum Gasteiger partial charge on any atom is -0.383 e. The zero-order valence-electron chi connectivity index (χ0n) is 16.7. The third-order valence-electron chi connectivity index (χ3n) is 4.53. The number of benzene rings is 1. The van der Waals surface area contributed by atoms with Gasteiger partial charge in [-0.05, 0) is 23.1 Å². The van der Waals surface area contributed by atoms with Crippen molar-refractivity contribution in [1.29, 1.82) is 0 Å². The third kappa shape index (κ3) is 6.23. The summed E-state index contributed by atoms with van der Waals surface area (Å²) in [5.41, 5.74) is 1.86. The van der Waals surface area contributed by atoms with E-state index in [4.69, 9.17) is 4.74 Å². The summed E-state index contributed by atoms with van der Waals surface area (Å²) in [5.74, 6) is 1.01. The van der Waals surface area contributed by atoms with Crippen LogP contribution in [0.15, 0.2) is 24.3 Å². The number of methoxy groups -OCH3 is 1. The first-order valence-corrected chi connectivity index (χ1v) is 10.5. The first kappa shape index (κ1) is 21.7. The normalized spacial score (nSPS) is 17.2. The molecule has 0 radical (unpaired) electrons. The molecule has 1 unspecified atom stereocenters. The molecule has 1 aromatic carbocycles. The van der Waals surface area contributed by atoms with Gasteiger partial charge >= 0.3 is 0 Å².